The number of unbranched alkanes of at least 4 members (excludes halogenated alkanes) is 1. The van der Waals surface area contributed by atoms with Crippen LogP contribution in [-0.4, -0.2) is 67.6 Å². The second-order valence-electron chi connectivity index (χ2n) is 8.30. The number of halogens is 3. The number of alkyl halides is 3. The van der Waals surface area contributed by atoms with Crippen molar-refractivity contribution >= 4 is 17.6 Å². The first kappa shape index (κ1) is 26.5. The summed E-state index contributed by atoms with van der Waals surface area (Å²) in [5, 5.41) is 2.84. The summed E-state index contributed by atoms with van der Waals surface area (Å²) in [4.78, 5) is 32.8. The van der Waals surface area contributed by atoms with E-state index in [1.807, 2.05) is 4.90 Å². The molecule has 0 aliphatic carbocycles. The summed E-state index contributed by atoms with van der Waals surface area (Å²) in [6, 6.07) is 8.26. The molecule has 1 aromatic heterocycles. The summed E-state index contributed by atoms with van der Waals surface area (Å²) in [5.74, 6) is -0.196. The fourth-order valence-corrected chi connectivity index (χ4v) is 3.76. The Morgan fingerprint density at radius 2 is 1.74 bits per heavy atom. The predicted molar refractivity (Wildman–Crippen MR) is 126 cm³/mol. The maximum atomic E-state index is 13.3. The monoisotopic (exact) mass is 492 g/mol. The van der Waals surface area contributed by atoms with Crippen LogP contribution >= 0.6 is 0 Å². The SMILES string of the molecule is CCCCOCCCNC(=O)c1ccc(N2CCN(C(=O)c3ccccc3C(F)(F)F)CC2)nc1. The van der Waals surface area contributed by atoms with E-state index >= 15 is 0 Å². The molecule has 0 unspecified atom stereocenters. The molecule has 2 aromatic rings. The molecule has 0 atom stereocenters. The highest BCUT2D eigenvalue weighted by Gasteiger charge is 2.36. The van der Waals surface area contributed by atoms with Crippen molar-refractivity contribution in [2.75, 3.05) is 50.8 Å². The van der Waals surface area contributed by atoms with E-state index in [9.17, 15) is 22.8 Å². The first-order valence-electron chi connectivity index (χ1n) is 11.8. The lowest BCUT2D eigenvalue weighted by Gasteiger charge is -2.35. The van der Waals surface area contributed by atoms with E-state index in [1.54, 1.807) is 12.1 Å². The highest BCUT2D eigenvalue weighted by Crippen LogP contribution is 2.32. The zero-order valence-electron chi connectivity index (χ0n) is 19.8. The van der Waals surface area contributed by atoms with Gasteiger partial charge in [0.25, 0.3) is 11.8 Å². The molecule has 3 rings (SSSR count). The number of nitrogens with zero attached hydrogens (tertiary/aromatic N) is 3. The Balaban J connectivity index is 1.48. The number of rotatable bonds is 10. The van der Waals surface area contributed by atoms with Crippen LogP contribution in [0.2, 0.25) is 0 Å². The molecule has 0 radical (unpaired) electrons. The van der Waals surface area contributed by atoms with Gasteiger partial charge in [0.05, 0.1) is 16.7 Å². The Morgan fingerprint density at radius 1 is 1.03 bits per heavy atom. The van der Waals surface area contributed by atoms with Crippen LogP contribution in [0.3, 0.4) is 0 Å². The predicted octanol–water partition coefficient (Wildman–Crippen LogP) is 4.00. The molecule has 2 amide bonds. The third-order valence-corrected chi connectivity index (χ3v) is 5.76. The Hall–Kier alpha value is -3.14. The lowest BCUT2D eigenvalue weighted by molar-refractivity contribution is -0.138. The van der Waals surface area contributed by atoms with Gasteiger partial charge < -0.3 is 19.9 Å². The fourth-order valence-electron chi connectivity index (χ4n) is 3.76. The Labute approximate surface area is 203 Å². The van der Waals surface area contributed by atoms with E-state index < -0.39 is 17.6 Å². The molecule has 0 spiro atoms. The summed E-state index contributed by atoms with van der Waals surface area (Å²) in [6.45, 7) is 5.36. The molecular formula is C25H31F3N4O3. The van der Waals surface area contributed by atoms with Crippen LogP contribution in [0.25, 0.3) is 0 Å². The molecule has 7 nitrogen and oxygen atoms in total. The average Bonchev–Trinajstić information content (AvgIpc) is 2.87. The first-order chi connectivity index (χ1) is 16.8. The molecule has 35 heavy (non-hydrogen) atoms. The van der Waals surface area contributed by atoms with Gasteiger partial charge in [-0.2, -0.15) is 13.2 Å². The van der Waals surface area contributed by atoms with Crippen LogP contribution < -0.4 is 10.2 Å². The maximum absolute atomic E-state index is 13.3. The number of piperazine rings is 1. The van der Waals surface area contributed by atoms with Crippen molar-refractivity contribution in [3.8, 4) is 0 Å². The number of aromatic nitrogens is 1. The van der Waals surface area contributed by atoms with Gasteiger partial charge in [0.15, 0.2) is 0 Å². The highest BCUT2D eigenvalue weighted by molar-refractivity contribution is 5.96. The summed E-state index contributed by atoms with van der Waals surface area (Å²) >= 11 is 0. The number of nitrogens with one attached hydrogen (secondary N) is 1. The molecule has 0 saturated carbocycles. The molecule has 1 aliphatic rings. The second kappa shape index (κ2) is 12.5. The molecule has 1 aromatic carbocycles. The zero-order chi connectivity index (χ0) is 25.3. The van der Waals surface area contributed by atoms with Crippen LogP contribution in [0.1, 0.15) is 52.5 Å². The third kappa shape index (κ3) is 7.42. The third-order valence-electron chi connectivity index (χ3n) is 5.76. The van der Waals surface area contributed by atoms with Crippen molar-refractivity contribution in [2.45, 2.75) is 32.4 Å². The van der Waals surface area contributed by atoms with Gasteiger partial charge in [-0.25, -0.2) is 4.98 Å². The van der Waals surface area contributed by atoms with Crippen molar-refractivity contribution in [3.63, 3.8) is 0 Å². The van der Waals surface area contributed by atoms with E-state index in [-0.39, 0.29) is 24.6 Å². The second-order valence-corrected chi connectivity index (χ2v) is 8.30. The minimum Gasteiger partial charge on any atom is -0.381 e. The van der Waals surface area contributed by atoms with E-state index in [1.165, 1.54) is 29.3 Å². The molecule has 0 bridgehead atoms. The summed E-state index contributed by atoms with van der Waals surface area (Å²) < 4.78 is 45.3. The molecule has 2 heterocycles. The van der Waals surface area contributed by atoms with E-state index in [2.05, 4.69) is 17.2 Å². The molecule has 10 heteroatoms. The number of carbonyl (C=O) groups is 2. The lowest BCUT2D eigenvalue weighted by Crippen LogP contribution is -2.49. The van der Waals surface area contributed by atoms with Gasteiger partial charge in [-0.1, -0.05) is 25.5 Å². The quantitative estimate of drug-likeness (QED) is 0.508. The number of carbonyl (C=O) groups excluding carboxylic acids is 2. The smallest absolute Gasteiger partial charge is 0.381 e. The minimum atomic E-state index is -4.59. The number of pyridine rings is 1. The topological polar surface area (TPSA) is 74.8 Å². The van der Waals surface area contributed by atoms with Crippen molar-refractivity contribution < 1.29 is 27.5 Å². The zero-order valence-corrected chi connectivity index (χ0v) is 19.8. The summed E-state index contributed by atoms with van der Waals surface area (Å²) in [7, 11) is 0. The molecular weight excluding hydrogens is 461 g/mol. The Bertz CT molecular complexity index is 975. The standard InChI is InChI=1S/C25H31F3N4O3/c1-2-3-16-35-17-6-11-29-23(33)19-9-10-22(30-18-19)31-12-14-32(15-13-31)24(34)20-7-4-5-8-21(20)25(26,27)28/h4-5,7-10,18H,2-3,6,11-17H2,1H3,(H,29,33). The van der Waals surface area contributed by atoms with Crippen molar-refractivity contribution in [3.05, 3.63) is 59.3 Å². The van der Waals surface area contributed by atoms with Gasteiger partial charge in [-0.05, 0) is 37.1 Å². The van der Waals surface area contributed by atoms with Gasteiger partial charge in [0, 0.05) is 52.1 Å². The van der Waals surface area contributed by atoms with Crippen molar-refractivity contribution in [1.82, 2.24) is 15.2 Å². The van der Waals surface area contributed by atoms with Crippen molar-refractivity contribution in [2.24, 2.45) is 0 Å². The number of hydrogen-bond acceptors (Lipinski definition) is 5. The number of hydrogen-bond donors (Lipinski definition) is 1. The van der Waals surface area contributed by atoms with Gasteiger partial charge in [0.2, 0.25) is 0 Å². The number of ether oxygens (including phenoxy) is 1. The van der Waals surface area contributed by atoms with Crippen LogP contribution in [0, 0.1) is 0 Å². The summed E-state index contributed by atoms with van der Waals surface area (Å²) in [5.41, 5.74) is -0.820. The molecule has 1 N–H and O–H groups in total. The Morgan fingerprint density at radius 3 is 2.40 bits per heavy atom. The van der Waals surface area contributed by atoms with E-state index in [4.69, 9.17) is 4.74 Å². The molecule has 1 fully saturated rings. The Kier molecular flexibility index (Phi) is 9.47. The van der Waals surface area contributed by atoms with Crippen LogP contribution in [0.5, 0.6) is 0 Å². The fraction of sp³-hybridized carbons (Fsp3) is 0.480. The van der Waals surface area contributed by atoms with E-state index in [0.29, 0.717) is 37.6 Å². The van der Waals surface area contributed by atoms with Crippen LogP contribution in [0.15, 0.2) is 42.6 Å². The van der Waals surface area contributed by atoms with Gasteiger partial charge in [-0.15, -0.1) is 0 Å². The largest absolute Gasteiger partial charge is 0.417 e. The number of benzene rings is 1. The number of anilines is 1. The maximum Gasteiger partial charge on any atom is 0.417 e. The van der Waals surface area contributed by atoms with Crippen molar-refractivity contribution in [1.29, 1.82) is 0 Å². The normalized spacial score (nSPS) is 14.2. The van der Waals surface area contributed by atoms with Crippen LogP contribution in [0.4, 0.5) is 19.0 Å². The van der Waals surface area contributed by atoms with E-state index in [0.717, 1.165) is 31.9 Å². The van der Waals surface area contributed by atoms with Gasteiger partial charge >= 0.3 is 6.18 Å². The van der Waals surface area contributed by atoms with Gasteiger partial charge in [0.1, 0.15) is 5.82 Å². The average molecular weight is 493 g/mol. The number of amides is 2. The highest BCUT2D eigenvalue weighted by atomic mass is 19.4. The van der Waals surface area contributed by atoms with Gasteiger partial charge in [-0.3, -0.25) is 9.59 Å². The molecule has 1 saturated heterocycles. The summed E-state index contributed by atoms with van der Waals surface area (Å²) in [6.07, 6.45) is -0.239. The molecule has 1 aliphatic heterocycles. The first-order valence-corrected chi connectivity index (χ1v) is 11.8. The lowest BCUT2D eigenvalue weighted by atomic mass is 10.1. The van der Waals surface area contributed by atoms with Crippen LogP contribution in [-0.2, 0) is 10.9 Å². The molecule has 190 valence electrons. The minimum absolute atomic E-state index is 0.212.